The molecule has 0 saturated heterocycles. The quantitative estimate of drug-likeness (QED) is 0.774. The number of nitrogens with zero attached hydrogens (tertiary/aromatic N) is 4. The highest BCUT2D eigenvalue weighted by Crippen LogP contribution is 2.10. The van der Waals surface area contributed by atoms with Crippen LogP contribution in [0.25, 0.3) is 0 Å². The van der Waals surface area contributed by atoms with Gasteiger partial charge in [0.25, 0.3) is 0 Å². The number of rotatable bonds is 1. The van der Waals surface area contributed by atoms with E-state index in [1.807, 2.05) is 6.92 Å². The zero-order valence-corrected chi connectivity index (χ0v) is 8.68. The van der Waals surface area contributed by atoms with Crippen molar-refractivity contribution in [3.8, 4) is 0 Å². The van der Waals surface area contributed by atoms with Crippen molar-refractivity contribution in [1.29, 1.82) is 0 Å². The lowest BCUT2D eigenvalue weighted by Gasteiger charge is -1.75. The fourth-order valence-electron chi connectivity index (χ4n) is 0.546. The van der Waals surface area contributed by atoms with Crippen LogP contribution in [0.2, 0.25) is 0 Å². The van der Waals surface area contributed by atoms with Crippen molar-refractivity contribution in [3.63, 3.8) is 0 Å². The van der Waals surface area contributed by atoms with Gasteiger partial charge in [-0.2, -0.15) is 0 Å². The Morgan fingerprint density at radius 3 is 2.23 bits per heavy atom. The Bertz CT molecular complexity index is 300. The summed E-state index contributed by atoms with van der Waals surface area (Å²) in [6, 6.07) is 0. The van der Waals surface area contributed by atoms with Crippen LogP contribution >= 0.6 is 22.7 Å². The first-order valence-electron chi connectivity index (χ1n) is 3.59. The van der Waals surface area contributed by atoms with Gasteiger partial charge in [-0.05, 0) is 6.42 Å². The molecule has 0 aliphatic heterocycles. The van der Waals surface area contributed by atoms with Crippen LogP contribution < -0.4 is 5.73 Å². The minimum Gasteiger partial charge on any atom is -0.374 e. The molecule has 0 atom stereocenters. The van der Waals surface area contributed by atoms with Gasteiger partial charge in [0, 0.05) is 0 Å². The Kier molecular flexibility index (Phi) is 4.27. The molecule has 5 nitrogen and oxygen atoms in total. The van der Waals surface area contributed by atoms with Crippen molar-refractivity contribution >= 4 is 27.8 Å². The molecule has 2 N–H and O–H groups in total. The van der Waals surface area contributed by atoms with Crippen LogP contribution in [-0.2, 0) is 6.42 Å². The van der Waals surface area contributed by atoms with E-state index in [0.717, 1.165) is 11.4 Å². The van der Waals surface area contributed by atoms with E-state index in [1.54, 1.807) is 11.0 Å². The van der Waals surface area contributed by atoms with Gasteiger partial charge in [-0.25, -0.2) is 0 Å². The molecule has 0 fully saturated rings. The molecule has 2 rings (SSSR count). The van der Waals surface area contributed by atoms with E-state index in [4.69, 9.17) is 5.73 Å². The Balaban J connectivity index is 0.000000145. The molecule has 0 amide bonds. The Morgan fingerprint density at radius 2 is 2.00 bits per heavy atom. The number of anilines is 1. The van der Waals surface area contributed by atoms with Crippen molar-refractivity contribution in [2.24, 2.45) is 0 Å². The summed E-state index contributed by atoms with van der Waals surface area (Å²) < 4.78 is 0. The van der Waals surface area contributed by atoms with Crippen molar-refractivity contribution < 1.29 is 0 Å². The summed E-state index contributed by atoms with van der Waals surface area (Å²) in [4.78, 5) is 0. The molecule has 0 aliphatic rings. The molecule has 2 aromatic heterocycles. The lowest BCUT2D eigenvalue weighted by atomic mass is 10.5. The van der Waals surface area contributed by atoms with Gasteiger partial charge in [0.05, 0.1) is 0 Å². The van der Waals surface area contributed by atoms with Gasteiger partial charge < -0.3 is 5.73 Å². The highest BCUT2D eigenvalue weighted by molar-refractivity contribution is 7.15. The van der Waals surface area contributed by atoms with E-state index in [0.29, 0.717) is 5.13 Å². The van der Waals surface area contributed by atoms with Crippen LogP contribution in [0.3, 0.4) is 0 Å². The molecule has 2 heterocycles. The first-order valence-corrected chi connectivity index (χ1v) is 5.35. The lowest BCUT2D eigenvalue weighted by molar-refractivity contribution is 0.988. The Labute approximate surface area is 83.7 Å². The van der Waals surface area contributed by atoms with Crippen molar-refractivity contribution in [1.82, 2.24) is 20.4 Å². The average Bonchev–Trinajstić information content (AvgIpc) is 2.76. The van der Waals surface area contributed by atoms with Gasteiger partial charge in [0.1, 0.15) is 16.0 Å². The molecule has 0 radical (unpaired) electrons. The van der Waals surface area contributed by atoms with Gasteiger partial charge >= 0.3 is 0 Å². The summed E-state index contributed by atoms with van der Waals surface area (Å²) in [5.74, 6) is 0. The van der Waals surface area contributed by atoms with Gasteiger partial charge in [0.2, 0.25) is 5.13 Å². The first-order chi connectivity index (χ1) is 6.33. The summed E-state index contributed by atoms with van der Waals surface area (Å²) in [6.07, 6.45) is 0.925. The topological polar surface area (TPSA) is 77.6 Å². The lowest BCUT2D eigenvalue weighted by Crippen LogP contribution is -1.80. The van der Waals surface area contributed by atoms with Gasteiger partial charge in [-0.3, -0.25) is 0 Å². The highest BCUT2D eigenvalue weighted by atomic mass is 32.1. The van der Waals surface area contributed by atoms with Gasteiger partial charge in [-0.1, -0.05) is 18.3 Å². The smallest absolute Gasteiger partial charge is 0.203 e. The van der Waals surface area contributed by atoms with Crippen LogP contribution in [-0.4, -0.2) is 20.4 Å². The van der Waals surface area contributed by atoms with Gasteiger partial charge in [0.15, 0.2) is 0 Å². The molecular formula is C6H9N5S2. The van der Waals surface area contributed by atoms with Crippen LogP contribution in [0.4, 0.5) is 5.13 Å². The number of nitrogen functional groups attached to an aromatic ring is 1. The minimum absolute atomic E-state index is 0.557. The van der Waals surface area contributed by atoms with Crippen LogP contribution in [0.1, 0.15) is 11.9 Å². The summed E-state index contributed by atoms with van der Waals surface area (Å²) >= 11 is 2.93. The third-order valence-electron chi connectivity index (χ3n) is 1.07. The molecule has 70 valence electrons. The zero-order chi connectivity index (χ0) is 9.52. The van der Waals surface area contributed by atoms with E-state index < -0.39 is 0 Å². The first kappa shape index (κ1) is 10.0. The SMILES string of the molecule is CCc1nnc(N)s1.c1nncs1. The fraction of sp³-hybridized carbons (Fsp3) is 0.333. The normalized spacial score (nSPS) is 9.00. The van der Waals surface area contributed by atoms with Crippen molar-refractivity contribution in [3.05, 3.63) is 16.0 Å². The maximum absolute atomic E-state index is 5.30. The molecule has 0 aliphatic carbocycles. The Morgan fingerprint density at radius 1 is 1.31 bits per heavy atom. The van der Waals surface area contributed by atoms with E-state index in [9.17, 15) is 0 Å². The average molecular weight is 215 g/mol. The second kappa shape index (κ2) is 5.55. The van der Waals surface area contributed by atoms with E-state index in [1.165, 1.54) is 22.7 Å². The molecule has 2 aromatic rings. The summed E-state index contributed by atoms with van der Waals surface area (Å²) in [5, 5.41) is 16.0. The van der Waals surface area contributed by atoms with E-state index in [-0.39, 0.29) is 0 Å². The number of nitrogens with two attached hydrogens (primary N) is 1. The maximum atomic E-state index is 5.30. The molecule has 0 aromatic carbocycles. The minimum atomic E-state index is 0.557. The molecule has 0 unspecified atom stereocenters. The Hall–Kier alpha value is -1.08. The molecule has 13 heavy (non-hydrogen) atoms. The molecule has 7 heteroatoms. The zero-order valence-electron chi connectivity index (χ0n) is 7.04. The number of hydrogen-bond acceptors (Lipinski definition) is 7. The molecule has 0 bridgehead atoms. The molecular weight excluding hydrogens is 206 g/mol. The van der Waals surface area contributed by atoms with E-state index in [2.05, 4.69) is 20.4 Å². The maximum Gasteiger partial charge on any atom is 0.203 e. The number of aryl methyl sites for hydroxylation is 1. The predicted molar refractivity (Wildman–Crippen MR) is 53.6 cm³/mol. The predicted octanol–water partition coefficient (Wildman–Crippen LogP) is 1.22. The second-order valence-corrected chi connectivity index (χ2v) is 3.75. The van der Waals surface area contributed by atoms with Crippen LogP contribution in [0.15, 0.2) is 11.0 Å². The molecule has 0 spiro atoms. The monoisotopic (exact) mass is 215 g/mol. The fourth-order valence-corrected chi connectivity index (χ4v) is 1.37. The molecule has 0 saturated carbocycles. The summed E-state index contributed by atoms with van der Waals surface area (Å²) in [7, 11) is 0. The number of aromatic nitrogens is 4. The largest absolute Gasteiger partial charge is 0.374 e. The van der Waals surface area contributed by atoms with Crippen molar-refractivity contribution in [2.45, 2.75) is 13.3 Å². The van der Waals surface area contributed by atoms with E-state index >= 15 is 0 Å². The number of hydrogen-bond donors (Lipinski definition) is 1. The van der Waals surface area contributed by atoms with Gasteiger partial charge in [-0.15, -0.1) is 31.7 Å². The van der Waals surface area contributed by atoms with Crippen LogP contribution in [0, 0.1) is 0 Å². The third kappa shape index (κ3) is 3.90. The standard InChI is InChI=1S/C4H7N3S.C2H2N2S/c1-2-3-6-7-4(5)8-3;1-3-4-2-5-1/h2H2,1H3,(H2,5,7);1-2H. The third-order valence-corrected chi connectivity index (χ3v) is 2.40. The summed E-state index contributed by atoms with van der Waals surface area (Å²) in [5.41, 5.74) is 8.66. The van der Waals surface area contributed by atoms with Crippen molar-refractivity contribution in [2.75, 3.05) is 5.73 Å². The highest BCUT2D eigenvalue weighted by Gasteiger charge is 1.94. The second-order valence-electron chi connectivity index (χ2n) is 1.97. The van der Waals surface area contributed by atoms with Crippen LogP contribution in [0.5, 0.6) is 0 Å². The summed E-state index contributed by atoms with van der Waals surface area (Å²) in [6.45, 7) is 2.03.